The van der Waals surface area contributed by atoms with Crippen molar-refractivity contribution >= 4 is 63.5 Å². The van der Waals surface area contributed by atoms with E-state index in [4.69, 9.17) is 0 Å². The summed E-state index contributed by atoms with van der Waals surface area (Å²) in [4.78, 5) is 17.6. The third-order valence-electron chi connectivity index (χ3n) is 4.24. The number of benzene rings is 2. The number of halogens is 2. The Hall–Kier alpha value is -1.98. The molecule has 0 radical (unpaired) electrons. The van der Waals surface area contributed by atoms with Crippen molar-refractivity contribution in [3.63, 3.8) is 0 Å². The van der Waals surface area contributed by atoms with E-state index in [-0.39, 0.29) is 11.1 Å². The Labute approximate surface area is 199 Å². The third-order valence-corrected chi connectivity index (χ3v) is 9.66. The molecular formula is C16H14Br2N2O10S2. The first-order chi connectivity index (χ1) is 14.8. The molecular weight excluding hydrogens is 604 g/mol. The molecule has 16 heteroatoms. The summed E-state index contributed by atoms with van der Waals surface area (Å²) in [6.07, 6.45) is 0. The van der Waals surface area contributed by atoms with E-state index in [1.165, 1.54) is 12.1 Å². The van der Waals surface area contributed by atoms with E-state index in [2.05, 4.69) is 40.2 Å². The first-order valence-electron chi connectivity index (χ1n) is 8.23. The van der Waals surface area contributed by atoms with Gasteiger partial charge in [0, 0.05) is 24.3 Å². The van der Waals surface area contributed by atoms with Crippen molar-refractivity contribution in [3.05, 3.63) is 67.8 Å². The number of alkyl halides is 2. The van der Waals surface area contributed by atoms with Crippen LogP contribution in [0.4, 0.5) is 11.4 Å². The lowest BCUT2D eigenvalue weighted by atomic mass is 10.0. The number of hydrogen-bond acceptors (Lipinski definition) is 10. The maximum Gasteiger partial charge on any atom is 0.297 e. The fraction of sp³-hybridized carbons (Fsp3) is 0.250. The molecule has 0 fully saturated rings. The van der Waals surface area contributed by atoms with Gasteiger partial charge in [-0.25, -0.2) is 0 Å². The van der Waals surface area contributed by atoms with Crippen LogP contribution in [0.5, 0.6) is 0 Å². The van der Waals surface area contributed by atoms with E-state index in [1.54, 1.807) is 0 Å². The molecule has 0 saturated carbocycles. The average molecular weight is 618 g/mol. The van der Waals surface area contributed by atoms with E-state index >= 15 is 0 Å². The molecule has 2 aromatic rings. The molecule has 0 aliphatic heterocycles. The topological polar surface area (TPSA) is 173 Å². The summed E-state index contributed by atoms with van der Waals surface area (Å²) < 4.78 is 58.5. The predicted molar refractivity (Wildman–Crippen MR) is 118 cm³/mol. The van der Waals surface area contributed by atoms with Gasteiger partial charge < -0.3 is 0 Å². The summed E-state index contributed by atoms with van der Waals surface area (Å²) in [5.74, 6) is 0. The highest BCUT2D eigenvalue weighted by Crippen LogP contribution is 2.47. The van der Waals surface area contributed by atoms with Crippen molar-refractivity contribution in [1.82, 2.24) is 0 Å². The van der Waals surface area contributed by atoms with Gasteiger partial charge in [0.05, 0.1) is 33.7 Å². The number of nitro groups is 2. The van der Waals surface area contributed by atoms with Gasteiger partial charge in [-0.3, -0.25) is 28.6 Å². The number of nitro benzene ring substituents is 2. The minimum Gasteiger partial charge on any atom is -0.270 e. The second-order valence-electron chi connectivity index (χ2n) is 6.00. The molecule has 174 valence electrons. The summed E-state index contributed by atoms with van der Waals surface area (Å²) in [7, 11) is -7.03. The Kier molecular flexibility index (Phi) is 8.11. The molecule has 2 aromatic carbocycles. The minimum atomic E-state index is -4.39. The Morgan fingerprint density at radius 2 is 1.06 bits per heavy atom. The van der Waals surface area contributed by atoms with Gasteiger partial charge in [0.1, 0.15) is 9.79 Å². The monoisotopic (exact) mass is 616 g/mol. The van der Waals surface area contributed by atoms with Gasteiger partial charge in [-0.2, -0.15) is 16.8 Å². The van der Waals surface area contributed by atoms with Crippen LogP contribution < -0.4 is 0 Å². The van der Waals surface area contributed by atoms with Crippen LogP contribution in [0.3, 0.4) is 0 Å². The molecule has 0 unspecified atom stereocenters. The van der Waals surface area contributed by atoms with Crippen molar-refractivity contribution < 1.29 is 35.0 Å². The standard InChI is InChI=1S/C16H14Br2N2O10S2/c1-29-31(25,26)13-7-9(19(21)22)3-5-11(13)15(17)16(18)12-6-4-10(20(23)24)8-14(12)32(27,28)30-2/h3-8,15-16H,1-2H3/t15-,16+. The summed E-state index contributed by atoms with van der Waals surface area (Å²) in [6, 6.07) is 6.11. The zero-order valence-electron chi connectivity index (χ0n) is 16.2. The Morgan fingerprint density at radius 1 is 0.750 bits per heavy atom. The molecule has 0 heterocycles. The Balaban J connectivity index is 2.71. The second kappa shape index (κ2) is 9.88. The molecule has 2 rings (SSSR count). The average Bonchev–Trinajstić information content (AvgIpc) is 2.77. The molecule has 0 aliphatic carbocycles. The predicted octanol–water partition coefficient (Wildman–Crippen LogP) is 3.75. The largest absolute Gasteiger partial charge is 0.297 e. The zero-order valence-corrected chi connectivity index (χ0v) is 21.0. The molecule has 0 aromatic heterocycles. The van der Waals surface area contributed by atoms with Crippen molar-refractivity contribution in [2.24, 2.45) is 0 Å². The van der Waals surface area contributed by atoms with Gasteiger partial charge >= 0.3 is 0 Å². The quantitative estimate of drug-likeness (QED) is 0.174. The lowest BCUT2D eigenvalue weighted by molar-refractivity contribution is -0.385. The maximum absolute atomic E-state index is 12.4. The maximum atomic E-state index is 12.4. The van der Waals surface area contributed by atoms with Gasteiger partial charge in [0.15, 0.2) is 0 Å². The SMILES string of the molecule is COS(=O)(=O)c1cc([N+](=O)[O-])ccc1[C@@H](Br)[C@@H](Br)c1ccc([N+](=O)[O-])cc1S(=O)(=O)OC. The Bertz CT molecular complexity index is 1180. The van der Waals surface area contributed by atoms with Crippen LogP contribution in [-0.4, -0.2) is 40.9 Å². The van der Waals surface area contributed by atoms with E-state index in [1.807, 2.05) is 0 Å². The number of hydrogen-bond donors (Lipinski definition) is 0. The van der Waals surface area contributed by atoms with E-state index in [0.717, 1.165) is 38.5 Å². The highest BCUT2D eigenvalue weighted by Gasteiger charge is 2.33. The minimum absolute atomic E-state index is 0.0124. The normalized spacial score (nSPS) is 14.0. The summed E-state index contributed by atoms with van der Waals surface area (Å²) in [5.41, 5.74) is -0.988. The molecule has 0 aliphatic rings. The number of nitrogens with zero attached hydrogens (tertiary/aromatic N) is 2. The van der Waals surface area contributed by atoms with Crippen LogP contribution in [0, 0.1) is 20.2 Å². The van der Waals surface area contributed by atoms with Crippen molar-refractivity contribution in [1.29, 1.82) is 0 Å². The van der Waals surface area contributed by atoms with E-state index in [9.17, 15) is 37.1 Å². The number of rotatable bonds is 9. The fourth-order valence-corrected chi connectivity index (χ4v) is 6.18. The second-order valence-corrected chi connectivity index (χ2v) is 11.3. The van der Waals surface area contributed by atoms with Crippen molar-refractivity contribution in [2.75, 3.05) is 14.2 Å². The zero-order chi connectivity index (χ0) is 24.4. The molecule has 12 nitrogen and oxygen atoms in total. The van der Waals surface area contributed by atoms with Crippen LogP contribution in [0.25, 0.3) is 0 Å². The Morgan fingerprint density at radius 3 is 1.31 bits per heavy atom. The molecule has 0 spiro atoms. The highest BCUT2D eigenvalue weighted by molar-refractivity contribution is 9.12. The van der Waals surface area contributed by atoms with Gasteiger partial charge in [-0.15, -0.1) is 0 Å². The summed E-state index contributed by atoms with van der Waals surface area (Å²) in [5, 5.41) is 22.2. The van der Waals surface area contributed by atoms with Crippen LogP contribution in [0.15, 0.2) is 46.2 Å². The van der Waals surface area contributed by atoms with Crippen molar-refractivity contribution in [3.8, 4) is 0 Å². The third kappa shape index (κ3) is 5.32. The molecule has 0 bridgehead atoms. The smallest absolute Gasteiger partial charge is 0.270 e. The fourth-order valence-electron chi connectivity index (χ4n) is 2.66. The summed E-state index contributed by atoms with van der Waals surface area (Å²) >= 11 is 6.57. The van der Waals surface area contributed by atoms with Crippen LogP contribution in [-0.2, 0) is 28.6 Å². The van der Waals surface area contributed by atoms with Gasteiger partial charge in [0.25, 0.3) is 31.6 Å². The first-order valence-corrected chi connectivity index (χ1v) is 12.9. The van der Waals surface area contributed by atoms with Crippen LogP contribution in [0.1, 0.15) is 20.8 Å². The van der Waals surface area contributed by atoms with Gasteiger partial charge in [-0.05, 0) is 23.3 Å². The molecule has 32 heavy (non-hydrogen) atoms. The van der Waals surface area contributed by atoms with Crippen LogP contribution >= 0.6 is 31.9 Å². The lowest BCUT2D eigenvalue weighted by Crippen LogP contribution is -2.13. The molecule has 0 N–H and O–H groups in total. The van der Waals surface area contributed by atoms with E-state index < -0.39 is 60.9 Å². The lowest BCUT2D eigenvalue weighted by Gasteiger charge is -2.22. The van der Waals surface area contributed by atoms with Crippen LogP contribution in [0.2, 0.25) is 0 Å². The number of non-ortho nitro benzene ring substituents is 2. The first kappa shape index (κ1) is 26.3. The van der Waals surface area contributed by atoms with Gasteiger partial charge in [-0.1, -0.05) is 31.9 Å². The highest BCUT2D eigenvalue weighted by atomic mass is 79.9. The molecule has 0 saturated heterocycles. The molecule has 2 atom stereocenters. The molecule has 0 amide bonds. The van der Waals surface area contributed by atoms with E-state index in [0.29, 0.717) is 0 Å². The van der Waals surface area contributed by atoms with Gasteiger partial charge in [0.2, 0.25) is 0 Å². The summed E-state index contributed by atoms with van der Waals surface area (Å²) in [6.45, 7) is 0. The van der Waals surface area contributed by atoms with Crippen molar-refractivity contribution in [2.45, 2.75) is 19.4 Å².